The molecule has 0 aliphatic heterocycles. The van der Waals surface area contributed by atoms with Gasteiger partial charge >= 0.3 is 5.97 Å². The molecule has 1 aliphatic carbocycles. The van der Waals surface area contributed by atoms with Crippen LogP contribution in [-0.4, -0.2) is 23.6 Å². The largest absolute Gasteiger partial charge is 0.469 e. The van der Waals surface area contributed by atoms with Gasteiger partial charge in [0.25, 0.3) is 0 Å². The topological polar surface area (TPSA) is 51.2 Å². The molecule has 2 rings (SSSR count). The van der Waals surface area contributed by atoms with Gasteiger partial charge in [-0.3, -0.25) is 4.79 Å². The summed E-state index contributed by atoms with van der Waals surface area (Å²) in [6, 6.07) is 0. The van der Waals surface area contributed by atoms with Crippen LogP contribution in [0.15, 0.2) is 5.38 Å². The Morgan fingerprint density at radius 1 is 1.47 bits per heavy atom. The number of hydrogen-bond donors (Lipinski definition) is 1. The van der Waals surface area contributed by atoms with Gasteiger partial charge in [0.1, 0.15) is 0 Å². The molecule has 0 saturated heterocycles. The molecule has 1 N–H and O–H groups in total. The zero-order valence-electron chi connectivity index (χ0n) is 11.7. The van der Waals surface area contributed by atoms with Crippen molar-refractivity contribution in [2.24, 2.45) is 0 Å². The van der Waals surface area contributed by atoms with Crippen molar-refractivity contribution in [2.75, 3.05) is 12.4 Å². The van der Waals surface area contributed by atoms with Gasteiger partial charge in [-0.1, -0.05) is 19.3 Å². The first-order chi connectivity index (χ1) is 9.11. The van der Waals surface area contributed by atoms with Crippen LogP contribution in [0.1, 0.15) is 51.1 Å². The highest BCUT2D eigenvalue weighted by molar-refractivity contribution is 7.13. The van der Waals surface area contributed by atoms with Gasteiger partial charge in [0, 0.05) is 17.3 Å². The first kappa shape index (κ1) is 14.3. The zero-order chi connectivity index (χ0) is 13.7. The van der Waals surface area contributed by atoms with Crippen LogP contribution in [0.25, 0.3) is 0 Å². The number of carbonyl (C=O) groups excluding carboxylic acids is 1. The fourth-order valence-corrected chi connectivity index (χ4v) is 3.42. The van der Waals surface area contributed by atoms with E-state index in [-0.39, 0.29) is 11.5 Å². The molecule has 19 heavy (non-hydrogen) atoms. The van der Waals surface area contributed by atoms with Crippen molar-refractivity contribution in [3.8, 4) is 0 Å². The van der Waals surface area contributed by atoms with Gasteiger partial charge in [0.05, 0.1) is 19.2 Å². The van der Waals surface area contributed by atoms with Crippen molar-refractivity contribution in [3.05, 3.63) is 11.1 Å². The van der Waals surface area contributed by atoms with Crippen molar-refractivity contribution in [1.82, 2.24) is 4.98 Å². The average molecular weight is 282 g/mol. The summed E-state index contributed by atoms with van der Waals surface area (Å²) in [5, 5.41) is 6.57. The van der Waals surface area contributed by atoms with E-state index in [0.717, 1.165) is 10.8 Å². The molecule has 1 heterocycles. The summed E-state index contributed by atoms with van der Waals surface area (Å²) in [7, 11) is 1.42. The molecule has 5 heteroatoms. The lowest BCUT2D eigenvalue weighted by Gasteiger charge is -2.34. The quantitative estimate of drug-likeness (QED) is 0.841. The minimum absolute atomic E-state index is 0.179. The summed E-state index contributed by atoms with van der Waals surface area (Å²) in [6.45, 7) is 2.28. The van der Waals surface area contributed by atoms with Crippen LogP contribution in [0.3, 0.4) is 0 Å². The van der Waals surface area contributed by atoms with Crippen LogP contribution in [0, 0.1) is 0 Å². The Labute approximate surface area is 118 Å². The van der Waals surface area contributed by atoms with Crippen molar-refractivity contribution in [2.45, 2.75) is 57.4 Å². The van der Waals surface area contributed by atoms with E-state index in [1.807, 2.05) is 5.38 Å². The number of nitrogens with zero attached hydrogens (tertiary/aromatic N) is 1. The number of aromatic nitrogens is 1. The maximum atomic E-state index is 11.1. The maximum Gasteiger partial charge on any atom is 0.305 e. The van der Waals surface area contributed by atoms with Crippen LogP contribution in [0.4, 0.5) is 5.13 Å². The molecule has 1 aromatic rings. The Hall–Kier alpha value is -1.10. The Balaban J connectivity index is 1.88. The number of esters is 1. The molecule has 0 amide bonds. The van der Waals surface area contributed by atoms with E-state index in [4.69, 9.17) is 0 Å². The molecule has 0 unspecified atom stereocenters. The van der Waals surface area contributed by atoms with Crippen LogP contribution < -0.4 is 5.32 Å². The maximum absolute atomic E-state index is 11.1. The molecule has 1 aromatic heterocycles. The van der Waals surface area contributed by atoms with Crippen LogP contribution in [0.5, 0.6) is 0 Å². The average Bonchev–Trinajstić information content (AvgIpc) is 2.83. The van der Waals surface area contributed by atoms with E-state index in [0.29, 0.717) is 12.8 Å². The number of ether oxygens (including phenoxy) is 1. The third-order valence-corrected chi connectivity index (χ3v) is 4.54. The lowest BCUT2D eigenvalue weighted by atomic mass is 9.83. The van der Waals surface area contributed by atoms with Gasteiger partial charge in [0.2, 0.25) is 0 Å². The molecule has 1 aliphatic rings. The van der Waals surface area contributed by atoms with E-state index in [1.165, 1.54) is 39.2 Å². The fourth-order valence-electron chi connectivity index (χ4n) is 2.53. The molecule has 4 nitrogen and oxygen atoms in total. The van der Waals surface area contributed by atoms with E-state index in [2.05, 4.69) is 22.0 Å². The minimum Gasteiger partial charge on any atom is -0.469 e. The third-order valence-electron chi connectivity index (χ3n) is 3.73. The lowest BCUT2D eigenvalue weighted by Crippen LogP contribution is -2.36. The van der Waals surface area contributed by atoms with Gasteiger partial charge in [-0.25, -0.2) is 4.98 Å². The zero-order valence-corrected chi connectivity index (χ0v) is 12.5. The molecular weight excluding hydrogens is 260 g/mol. The predicted octanol–water partition coefficient (Wildman–Crippen LogP) is 3.38. The standard InChI is InChI=1S/C14H22N2O2S/c1-14(8-4-3-5-9-14)16-13-15-11(10-19-13)6-7-12(17)18-2/h10H,3-9H2,1-2H3,(H,15,16). The van der Waals surface area contributed by atoms with Gasteiger partial charge in [-0.05, 0) is 19.8 Å². The molecule has 0 spiro atoms. The van der Waals surface area contributed by atoms with Gasteiger partial charge < -0.3 is 10.1 Å². The number of carbonyl (C=O) groups is 1. The van der Waals surface area contributed by atoms with Crippen molar-refractivity contribution < 1.29 is 9.53 Å². The normalized spacial score (nSPS) is 18.0. The number of methoxy groups -OCH3 is 1. The van der Waals surface area contributed by atoms with E-state index in [1.54, 1.807) is 11.3 Å². The molecular formula is C14H22N2O2S. The molecule has 1 saturated carbocycles. The number of nitrogens with one attached hydrogen (secondary N) is 1. The molecule has 106 valence electrons. The predicted molar refractivity (Wildman–Crippen MR) is 77.6 cm³/mol. The van der Waals surface area contributed by atoms with Gasteiger partial charge in [-0.15, -0.1) is 11.3 Å². The third kappa shape index (κ3) is 4.20. The summed E-state index contributed by atoms with van der Waals surface area (Å²) < 4.78 is 4.64. The van der Waals surface area contributed by atoms with Gasteiger partial charge in [0.15, 0.2) is 5.13 Å². The SMILES string of the molecule is COC(=O)CCc1csc(NC2(C)CCCCC2)n1. The summed E-state index contributed by atoms with van der Waals surface area (Å²) >= 11 is 1.63. The van der Waals surface area contributed by atoms with E-state index >= 15 is 0 Å². The highest BCUT2D eigenvalue weighted by Crippen LogP contribution is 2.32. The van der Waals surface area contributed by atoms with Crippen molar-refractivity contribution >= 4 is 22.4 Å². The molecule has 0 atom stereocenters. The molecule has 0 bridgehead atoms. The summed E-state index contributed by atoms with van der Waals surface area (Å²) in [4.78, 5) is 15.7. The first-order valence-corrected chi connectivity index (χ1v) is 7.79. The van der Waals surface area contributed by atoms with Crippen LogP contribution in [0.2, 0.25) is 0 Å². The number of aryl methyl sites for hydroxylation is 1. The molecule has 0 aromatic carbocycles. The molecule has 1 fully saturated rings. The smallest absolute Gasteiger partial charge is 0.305 e. The number of thiazole rings is 1. The fraction of sp³-hybridized carbons (Fsp3) is 0.714. The summed E-state index contributed by atoms with van der Waals surface area (Å²) in [6.07, 6.45) is 7.42. The van der Waals surface area contributed by atoms with E-state index in [9.17, 15) is 4.79 Å². The highest BCUT2D eigenvalue weighted by Gasteiger charge is 2.27. The number of hydrogen-bond acceptors (Lipinski definition) is 5. The first-order valence-electron chi connectivity index (χ1n) is 6.91. The Kier molecular flexibility index (Phi) is 4.80. The van der Waals surface area contributed by atoms with E-state index < -0.39 is 0 Å². The second kappa shape index (κ2) is 6.37. The Morgan fingerprint density at radius 2 is 2.21 bits per heavy atom. The monoisotopic (exact) mass is 282 g/mol. The Bertz CT molecular complexity index is 425. The van der Waals surface area contributed by atoms with Crippen LogP contribution in [-0.2, 0) is 16.0 Å². The Morgan fingerprint density at radius 3 is 2.89 bits per heavy atom. The summed E-state index contributed by atoms with van der Waals surface area (Å²) in [5.74, 6) is -0.179. The second-order valence-electron chi connectivity index (χ2n) is 5.47. The second-order valence-corrected chi connectivity index (χ2v) is 6.32. The lowest BCUT2D eigenvalue weighted by molar-refractivity contribution is -0.140. The van der Waals surface area contributed by atoms with Crippen LogP contribution >= 0.6 is 11.3 Å². The minimum atomic E-state index is -0.179. The van der Waals surface area contributed by atoms with Crippen molar-refractivity contribution in [1.29, 1.82) is 0 Å². The van der Waals surface area contributed by atoms with Gasteiger partial charge in [-0.2, -0.15) is 0 Å². The van der Waals surface area contributed by atoms with Crippen molar-refractivity contribution in [3.63, 3.8) is 0 Å². The molecule has 0 radical (unpaired) electrons. The number of anilines is 1. The number of rotatable bonds is 5. The summed E-state index contributed by atoms with van der Waals surface area (Å²) in [5.41, 5.74) is 1.16. The highest BCUT2D eigenvalue weighted by atomic mass is 32.1.